The van der Waals surface area contributed by atoms with Gasteiger partial charge in [0.2, 0.25) is 0 Å². The van der Waals surface area contributed by atoms with Crippen LogP contribution in [0.2, 0.25) is 0 Å². The van der Waals surface area contributed by atoms with Crippen LogP contribution in [-0.4, -0.2) is 25.0 Å². The highest BCUT2D eigenvalue weighted by Crippen LogP contribution is 2.15. The van der Waals surface area contributed by atoms with Gasteiger partial charge in [-0.15, -0.1) is 0 Å². The lowest BCUT2D eigenvalue weighted by molar-refractivity contribution is 0.0852. The molecule has 1 rings (SSSR count). The predicted molar refractivity (Wildman–Crippen MR) is 55.3 cm³/mol. The van der Waals surface area contributed by atoms with Gasteiger partial charge in [-0.05, 0) is 18.2 Å². The monoisotopic (exact) mass is 260 g/mol. The van der Waals surface area contributed by atoms with E-state index in [0.29, 0.717) is 4.47 Å². The molecular weight excluding hydrogens is 251 g/mol. The van der Waals surface area contributed by atoms with Crippen molar-refractivity contribution in [1.82, 2.24) is 10.4 Å². The molecule has 0 saturated heterocycles. The fraction of sp³-hybridized carbons (Fsp3) is 0.222. The molecule has 0 aliphatic carbocycles. The van der Waals surface area contributed by atoms with Crippen molar-refractivity contribution in [3.63, 3.8) is 0 Å². The highest BCUT2D eigenvalue weighted by molar-refractivity contribution is 9.10. The summed E-state index contributed by atoms with van der Waals surface area (Å²) in [6.07, 6.45) is 0. The zero-order valence-electron chi connectivity index (χ0n) is 7.84. The van der Waals surface area contributed by atoms with Gasteiger partial charge in [0.25, 0.3) is 5.91 Å². The predicted octanol–water partition coefficient (Wildman–Crippen LogP) is 1.79. The Balaban J connectivity index is 2.94. The van der Waals surface area contributed by atoms with Crippen LogP contribution in [0.25, 0.3) is 0 Å². The van der Waals surface area contributed by atoms with E-state index in [9.17, 15) is 9.18 Å². The highest BCUT2D eigenvalue weighted by Gasteiger charge is 2.11. The first-order valence-electron chi connectivity index (χ1n) is 3.94. The normalized spacial score (nSPS) is 10.4. The third kappa shape index (κ3) is 2.78. The van der Waals surface area contributed by atoms with Gasteiger partial charge in [0, 0.05) is 18.6 Å². The first-order chi connectivity index (χ1) is 6.50. The number of halogens is 2. The maximum absolute atomic E-state index is 13.2. The Morgan fingerprint density at radius 2 is 2.14 bits per heavy atom. The van der Waals surface area contributed by atoms with Crippen molar-refractivity contribution < 1.29 is 9.18 Å². The number of benzene rings is 1. The molecule has 5 heteroatoms. The highest BCUT2D eigenvalue weighted by atomic mass is 79.9. The molecule has 1 N–H and O–H groups in total. The number of hydrogen-bond acceptors (Lipinski definition) is 2. The van der Waals surface area contributed by atoms with Gasteiger partial charge < -0.3 is 0 Å². The third-order valence-electron chi connectivity index (χ3n) is 1.50. The van der Waals surface area contributed by atoms with Crippen molar-refractivity contribution in [3.05, 3.63) is 34.1 Å². The lowest BCUT2D eigenvalue weighted by atomic mass is 10.2. The van der Waals surface area contributed by atoms with Crippen molar-refractivity contribution in [3.8, 4) is 0 Å². The Bertz CT molecular complexity index is 355. The molecule has 0 aliphatic heterocycles. The van der Waals surface area contributed by atoms with Crippen LogP contribution in [0.5, 0.6) is 0 Å². The summed E-state index contributed by atoms with van der Waals surface area (Å²) in [7, 11) is 3.32. The number of amides is 1. The van der Waals surface area contributed by atoms with E-state index in [0.717, 1.165) is 0 Å². The molecule has 76 valence electrons. The minimum Gasteiger partial charge on any atom is -0.285 e. The van der Waals surface area contributed by atoms with Gasteiger partial charge >= 0.3 is 0 Å². The quantitative estimate of drug-likeness (QED) is 0.823. The van der Waals surface area contributed by atoms with E-state index in [1.165, 1.54) is 17.1 Å². The van der Waals surface area contributed by atoms with Crippen LogP contribution in [0, 0.1) is 5.82 Å². The van der Waals surface area contributed by atoms with E-state index in [2.05, 4.69) is 21.4 Å². The molecule has 1 aromatic carbocycles. The van der Waals surface area contributed by atoms with E-state index in [4.69, 9.17) is 0 Å². The zero-order valence-corrected chi connectivity index (χ0v) is 9.43. The molecule has 0 radical (unpaired) electrons. The Kier molecular flexibility index (Phi) is 3.60. The number of hydrazine groups is 1. The van der Waals surface area contributed by atoms with E-state index in [1.54, 1.807) is 20.2 Å². The molecule has 1 aromatic rings. The average Bonchev–Trinajstić information content (AvgIpc) is 2.08. The molecule has 0 heterocycles. The SMILES string of the molecule is CN(C)NC(=O)c1cc(Br)ccc1F. The van der Waals surface area contributed by atoms with Crippen molar-refractivity contribution in [1.29, 1.82) is 0 Å². The Hall–Kier alpha value is -0.940. The standard InChI is InChI=1S/C9H10BrFN2O/c1-13(2)12-9(14)7-5-6(10)3-4-8(7)11/h3-5H,1-2H3,(H,12,14). The van der Waals surface area contributed by atoms with Crippen LogP contribution in [0.1, 0.15) is 10.4 Å². The number of rotatable bonds is 2. The molecule has 0 atom stereocenters. The van der Waals surface area contributed by atoms with E-state index >= 15 is 0 Å². The largest absolute Gasteiger partial charge is 0.285 e. The summed E-state index contributed by atoms with van der Waals surface area (Å²) < 4.78 is 13.8. The van der Waals surface area contributed by atoms with Gasteiger partial charge in [-0.2, -0.15) is 0 Å². The number of nitrogens with one attached hydrogen (secondary N) is 1. The van der Waals surface area contributed by atoms with Crippen LogP contribution in [0.3, 0.4) is 0 Å². The number of carbonyl (C=O) groups excluding carboxylic acids is 1. The van der Waals surface area contributed by atoms with Crippen molar-refractivity contribution in [2.45, 2.75) is 0 Å². The van der Waals surface area contributed by atoms with Gasteiger partial charge in [0.1, 0.15) is 5.82 Å². The molecule has 0 saturated carbocycles. The third-order valence-corrected chi connectivity index (χ3v) is 1.99. The minimum atomic E-state index is -0.535. The summed E-state index contributed by atoms with van der Waals surface area (Å²) in [5, 5.41) is 1.46. The van der Waals surface area contributed by atoms with Crippen molar-refractivity contribution >= 4 is 21.8 Å². The van der Waals surface area contributed by atoms with Gasteiger partial charge in [-0.1, -0.05) is 15.9 Å². The van der Waals surface area contributed by atoms with Gasteiger partial charge in [-0.3, -0.25) is 10.2 Å². The molecule has 0 bridgehead atoms. The first-order valence-corrected chi connectivity index (χ1v) is 4.73. The van der Waals surface area contributed by atoms with Crippen LogP contribution < -0.4 is 5.43 Å². The summed E-state index contributed by atoms with van der Waals surface area (Å²) in [6.45, 7) is 0. The molecule has 0 spiro atoms. The number of carbonyl (C=O) groups is 1. The smallest absolute Gasteiger partial charge is 0.268 e. The van der Waals surface area contributed by atoms with E-state index in [1.807, 2.05) is 0 Å². The first kappa shape index (κ1) is 11.1. The van der Waals surface area contributed by atoms with Crippen LogP contribution in [-0.2, 0) is 0 Å². The lowest BCUT2D eigenvalue weighted by Gasteiger charge is -2.12. The number of nitrogens with zero attached hydrogens (tertiary/aromatic N) is 1. The lowest BCUT2D eigenvalue weighted by Crippen LogP contribution is -2.36. The maximum Gasteiger partial charge on any atom is 0.268 e. The molecule has 3 nitrogen and oxygen atoms in total. The fourth-order valence-electron chi connectivity index (χ4n) is 0.935. The summed E-state index contributed by atoms with van der Waals surface area (Å²) in [5.41, 5.74) is 2.48. The van der Waals surface area contributed by atoms with Crippen molar-refractivity contribution in [2.24, 2.45) is 0 Å². The van der Waals surface area contributed by atoms with Crippen molar-refractivity contribution in [2.75, 3.05) is 14.1 Å². The van der Waals surface area contributed by atoms with Gasteiger partial charge in [0.15, 0.2) is 0 Å². The molecule has 0 unspecified atom stereocenters. The molecular formula is C9H10BrFN2O. The van der Waals surface area contributed by atoms with Gasteiger partial charge in [-0.25, -0.2) is 9.40 Å². The van der Waals surface area contributed by atoms with Crippen LogP contribution in [0.15, 0.2) is 22.7 Å². The fourth-order valence-corrected chi connectivity index (χ4v) is 1.30. The second-order valence-electron chi connectivity index (χ2n) is 2.96. The topological polar surface area (TPSA) is 32.3 Å². The number of hydrogen-bond donors (Lipinski definition) is 1. The van der Waals surface area contributed by atoms with Gasteiger partial charge in [0.05, 0.1) is 5.56 Å². The molecule has 0 aliphatic rings. The second kappa shape index (κ2) is 4.52. The minimum absolute atomic E-state index is 0.0214. The Morgan fingerprint density at radius 3 is 2.71 bits per heavy atom. The summed E-state index contributed by atoms with van der Waals surface area (Å²) >= 11 is 3.17. The van der Waals surface area contributed by atoms with Crippen LogP contribution in [0.4, 0.5) is 4.39 Å². The molecule has 0 aromatic heterocycles. The molecule has 14 heavy (non-hydrogen) atoms. The molecule has 0 fully saturated rings. The Morgan fingerprint density at radius 1 is 1.50 bits per heavy atom. The summed E-state index contributed by atoms with van der Waals surface area (Å²) in [4.78, 5) is 11.4. The molecule has 1 amide bonds. The van der Waals surface area contributed by atoms with E-state index < -0.39 is 11.7 Å². The zero-order chi connectivity index (χ0) is 10.7. The summed E-state index contributed by atoms with van der Waals surface area (Å²) in [6, 6.07) is 4.23. The van der Waals surface area contributed by atoms with Crippen LogP contribution >= 0.6 is 15.9 Å². The Labute approximate surface area is 90.0 Å². The second-order valence-corrected chi connectivity index (χ2v) is 3.88. The average molecular weight is 261 g/mol. The summed E-state index contributed by atoms with van der Waals surface area (Å²) in [5.74, 6) is -0.999. The van der Waals surface area contributed by atoms with E-state index in [-0.39, 0.29) is 5.56 Å². The maximum atomic E-state index is 13.2.